The van der Waals surface area contributed by atoms with E-state index in [4.69, 9.17) is 4.74 Å². The van der Waals surface area contributed by atoms with Crippen LogP contribution in [0.1, 0.15) is 41.2 Å². The summed E-state index contributed by atoms with van der Waals surface area (Å²) in [5, 5.41) is 10.4. The van der Waals surface area contributed by atoms with E-state index in [0.29, 0.717) is 44.4 Å². The van der Waals surface area contributed by atoms with Crippen LogP contribution in [0, 0.1) is 0 Å². The molecule has 0 fully saturated rings. The standard InChI is InChI=1S/C22H31N5O3/c1-15(2)26(3)13-20(28)23-12-17-10-18-19(14-30-17)25-27(4)21(18)22(29)24-11-16-8-6-5-7-9-16/h5-9,15,17H,10-14H2,1-4H3,(H,23,28)(H,24,29). The number of hydrogen-bond acceptors (Lipinski definition) is 5. The van der Waals surface area contributed by atoms with Crippen LogP contribution in [-0.2, 0) is 36.2 Å². The van der Waals surface area contributed by atoms with E-state index < -0.39 is 0 Å². The van der Waals surface area contributed by atoms with E-state index in [9.17, 15) is 9.59 Å². The van der Waals surface area contributed by atoms with Gasteiger partial charge in [0.25, 0.3) is 5.91 Å². The van der Waals surface area contributed by atoms with E-state index in [1.807, 2.05) is 56.1 Å². The Morgan fingerprint density at radius 1 is 1.27 bits per heavy atom. The Balaban J connectivity index is 1.59. The van der Waals surface area contributed by atoms with Crippen molar-refractivity contribution in [2.24, 2.45) is 7.05 Å². The molecule has 3 rings (SSSR count). The topological polar surface area (TPSA) is 88.5 Å². The molecule has 1 aromatic heterocycles. The highest BCUT2D eigenvalue weighted by Gasteiger charge is 2.29. The minimum Gasteiger partial charge on any atom is -0.370 e. The molecular formula is C22H31N5O3. The number of fused-ring (bicyclic) bond motifs is 1. The van der Waals surface area contributed by atoms with Gasteiger partial charge in [-0.3, -0.25) is 19.2 Å². The molecule has 0 radical (unpaired) electrons. The van der Waals surface area contributed by atoms with Gasteiger partial charge < -0.3 is 15.4 Å². The second-order valence-corrected chi connectivity index (χ2v) is 8.02. The molecule has 1 aromatic carbocycles. The first-order chi connectivity index (χ1) is 14.3. The fraction of sp³-hybridized carbons (Fsp3) is 0.500. The molecule has 0 aliphatic carbocycles. The molecule has 2 aromatic rings. The Labute approximate surface area is 177 Å². The lowest BCUT2D eigenvalue weighted by Crippen LogP contribution is -2.42. The summed E-state index contributed by atoms with van der Waals surface area (Å²) < 4.78 is 7.47. The third-order valence-electron chi connectivity index (χ3n) is 5.43. The van der Waals surface area contributed by atoms with Gasteiger partial charge in [0.1, 0.15) is 5.69 Å². The Morgan fingerprint density at radius 3 is 2.70 bits per heavy atom. The second kappa shape index (κ2) is 9.86. The third kappa shape index (κ3) is 5.46. The van der Waals surface area contributed by atoms with E-state index in [1.165, 1.54) is 0 Å². The molecule has 1 atom stereocenters. The zero-order valence-electron chi connectivity index (χ0n) is 18.1. The van der Waals surface area contributed by atoms with Crippen LogP contribution in [0.25, 0.3) is 0 Å². The van der Waals surface area contributed by atoms with Gasteiger partial charge in [0.05, 0.1) is 24.9 Å². The van der Waals surface area contributed by atoms with Crippen LogP contribution >= 0.6 is 0 Å². The maximum Gasteiger partial charge on any atom is 0.270 e. The van der Waals surface area contributed by atoms with Gasteiger partial charge in [-0.15, -0.1) is 0 Å². The van der Waals surface area contributed by atoms with Gasteiger partial charge in [-0.25, -0.2) is 0 Å². The predicted octanol–water partition coefficient (Wildman–Crippen LogP) is 1.25. The van der Waals surface area contributed by atoms with Crippen LogP contribution in [0.4, 0.5) is 0 Å². The lowest BCUT2D eigenvalue weighted by molar-refractivity contribution is -0.123. The average Bonchev–Trinajstić information content (AvgIpc) is 3.06. The van der Waals surface area contributed by atoms with Crippen LogP contribution in [0.5, 0.6) is 0 Å². The van der Waals surface area contributed by atoms with Crippen molar-refractivity contribution in [3.05, 3.63) is 52.8 Å². The summed E-state index contributed by atoms with van der Waals surface area (Å²) in [6, 6.07) is 10.1. The van der Waals surface area contributed by atoms with Crippen LogP contribution < -0.4 is 10.6 Å². The van der Waals surface area contributed by atoms with Gasteiger partial charge in [-0.2, -0.15) is 5.10 Å². The van der Waals surface area contributed by atoms with Crippen molar-refractivity contribution < 1.29 is 14.3 Å². The predicted molar refractivity (Wildman–Crippen MR) is 114 cm³/mol. The van der Waals surface area contributed by atoms with Gasteiger partial charge in [-0.05, 0) is 26.5 Å². The molecular weight excluding hydrogens is 382 g/mol. The summed E-state index contributed by atoms with van der Waals surface area (Å²) in [7, 11) is 3.69. The first kappa shape index (κ1) is 22.0. The molecule has 1 unspecified atom stereocenters. The van der Waals surface area contributed by atoms with Gasteiger partial charge in [0.2, 0.25) is 5.91 Å². The first-order valence-electron chi connectivity index (χ1n) is 10.3. The normalized spacial score (nSPS) is 15.9. The summed E-state index contributed by atoms with van der Waals surface area (Å²) in [6.07, 6.45) is 0.355. The maximum atomic E-state index is 12.8. The number of ether oxygens (including phenoxy) is 1. The number of nitrogens with zero attached hydrogens (tertiary/aromatic N) is 3. The fourth-order valence-corrected chi connectivity index (χ4v) is 3.41. The van der Waals surface area contributed by atoms with Crippen molar-refractivity contribution in [2.45, 2.75) is 45.6 Å². The number of nitrogens with one attached hydrogen (secondary N) is 2. The SMILES string of the molecule is CC(C)N(C)CC(=O)NCC1Cc2c(nn(C)c2C(=O)NCc2ccccc2)CO1. The van der Waals surface area contributed by atoms with Crippen molar-refractivity contribution in [2.75, 3.05) is 20.1 Å². The van der Waals surface area contributed by atoms with Gasteiger partial charge in [0.15, 0.2) is 0 Å². The van der Waals surface area contributed by atoms with Crippen molar-refractivity contribution in [3.63, 3.8) is 0 Å². The molecule has 0 saturated heterocycles. The third-order valence-corrected chi connectivity index (χ3v) is 5.43. The number of aryl methyl sites for hydroxylation is 1. The highest BCUT2D eigenvalue weighted by molar-refractivity contribution is 5.94. The summed E-state index contributed by atoms with van der Waals surface area (Å²) in [4.78, 5) is 27.0. The smallest absolute Gasteiger partial charge is 0.270 e. The average molecular weight is 414 g/mol. The van der Waals surface area contributed by atoms with Crippen LogP contribution in [0.3, 0.4) is 0 Å². The molecule has 1 aliphatic heterocycles. The Bertz CT molecular complexity index is 878. The van der Waals surface area contributed by atoms with Crippen molar-refractivity contribution in [1.29, 1.82) is 0 Å². The highest BCUT2D eigenvalue weighted by atomic mass is 16.5. The number of benzene rings is 1. The molecule has 8 heteroatoms. The maximum absolute atomic E-state index is 12.8. The number of rotatable bonds is 8. The Kier molecular flexibility index (Phi) is 7.23. The summed E-state index contributed by atoms with van der Waals surface area (Å²) in [5.74, 6) is -0.189. The first-order valence-corrected chi connectivity index (χ1v) is 10.3. The molecule has 162 valence electrons. The molecule has 0 spiro atoms. The summed E-state index contributed by atoms with van der Waals surface area (Å²) in [5.41, 5.74) is 3.27. The van der Waals surface area contributed by atoms with Gasteiger partial charge in [-0.1, -0.05) is 30.3 Å². The van der Waals surface area contributed by atoms with E-state index in [0.717, 1.165) is 16.8 Å². The summed E-state index contributed by atoms with van der Waals surface area (Å²) in [6.45, 7) is 5.64. The number of aromatic nitrogens is 2. The number of hydrogen-bond donors (Lipinski definition) is 2. The van der Waals surface area contributed by atoms with Crippen molar-refractivity contribution in [1.82, 2.24) is 25.3 Å². The second-order valence-electron chi connectivity index (χ2n) is 8.02. The minimum absolute atomic E-state index is 0.0346. The molecule has 30 heavy (non-hydrogen) atoms. The zero-order valence-corrected chi connectivity index (χ0v) is 18.1. The summed E-state index contributed by atoms with van der Waals surface area (Å²) >= 11 is 0. The van der Waals surface area contributed by atoms with Crippen molar-refractivity contribution >= 4 is 11.8 Å². The minimum atomic E-state index is -0.185. The van der Waals surface area contributed by atoms with Gasteiger partial charge >= 0.3 is 0 Å². The van der Waals surface area contributed by atoms with Crippen LogP contribution in [0.2, 0.25) is 0 Å². The molecule has 2 amide bonds. The molecule has 0 bridgehead atoms. The molecule has 0 saturated carbocycles. The molecule has 2 heterocycles. The molecule has 2 N–H and O–H groups in total. The van der Waals surface area contributed by atoms with E-state index in [-0.39, 0.29) is 17.9 Å². The fourth-order valence-electron chi connectivity index (χ4n) is 3.41. The van der Waals surface area contributed by atoms with Crippen LogP contribution in [0.15, 0.2) is 30.3 Å². The monoisotopic (exact) mass is 413 g/mol. The Hall–Kier alpha value is -2.71. The molecule has 1 aliphatic rings. The largest absolute Gasteiger partial charge is 0.370 e. The van der Waals surface area contributed by atoms with E-state index in [2.05, 4.69) is 15.7 Å². The Morgan fingerprint density at radius 2 is 2.00 bits per heavy atom. The van der Waals surface area contributed by atoms with E-state index in [1.54, 1.807) is 11.7 Å². The zero-order chi connectivity index (χ0) is 21.7. The quantitative estimate of drug-likeness (QED) is 0.680. The highest BCUT2D eigenvalue weighted by Crippen LogP contribution is 2.23. The number of carbonyl (C=O) groups excluding carboxylic acids is 2. The lowest BCUT2D eigenvalue weighted by atomic mass is 10.0. The van der Waals surface area contributed by atoms with Crippen LogP contribution in [-0.4, -0.2) is 58.8 Å². The lowest BCUT2D eigenvalue weighted by Gasteiger charge is -2.24. The van der Waals surface area contributed by atoms with E-state index >= 15 is 0 Å². The molecule has 8 nitrogen and oxygen atoms in total. The van der Waals surface area contributed by atoms with Gasteiger partial charge in [0, 0.05) is 38.2 Å². The number of likely N-dealkylation sites (N-methyl/N-ethyl adjacent to an activating group) is 1. The number of amides is 2. The van der Waals surface area contributed by atoms with Crippen molar-refractivity contribution in [3.8, 4) is 0 Å². The number of carbonyl (C=O) groups is 2.